The summed E-state index contributed by atoms with van der Waals surface area (Å²) in [4.78, 5) is 27.0. The molecule has 0 aliphatic carbocycles. The highest BCUT2D eigenvalue weighted by Gasteiger charge is 2.15. The lowest BCUT2D eigenvalue weighted by molar-refractivity contribution is -0.127. The molecule has 0 aliphatic heterocycles. The number of hydrogen-bond donors (Lipinski definition) is 2. The summed E-state index contributed by atoms with van der Waals surface area (Å²) in [5.41, 5.74) is 7.82. The van der Waals surface area contributed by atoms with E-state index in [-0.39, 0.29) is 18.4 Å². The predicted octanol–water partition coefficient (Wildman–Crippen LogP) is 0.933. The molecule has 0 saturated heterocycles. The summed E-state index contributed by atoms with van der Waals surface area (Å²) in [6.45, 7) is 5.30. The van der Waals surface area contributed by atoms with Gasteiger partial charge in [0.25, 0.3) is 5.91 Å². The van der Waals surface area contributed by atoms with Crippen LogP contribution in [0.1, 0.15) is 24.2 Å². The zero-order valence-corrected chi connectivity index (χ0v) is 13.1. The molecule has 6 nitrogen and oxygen atoms in total. The second-order valence-corrected chi connectivity index (χ2v) is 4.94. The maximum atomic E-state index is 11.8. The van der Waals surface area contributed by atoms with E-state index in [1.54, 1.807) is 37.2 Å². The molecule has 1 rings (SSSR count). The first-order valence-electron chi connectivity index (χ1n) is 7.03. The number of nitrogens with one attached hydrogen (secondary N) is 1. The highest BCUT2D eigenvalue weighted by molar-refractivity contribution is 5.96. The monoisotopic (exact) mass is 292 g/mol. The molecule has 21 heavy (non-hydrogen) atoms. The number of rotatable bonds is 6. The van der Waals surface area contributed by atoms with E-state index in [4.69, 9.17) is 5.73 Å². The minimum Gasteiger partial charge on any atom is -0.397 e. The van der Waals surface area contributed by atoms with Crippen LogP contribution < -0.4 is 16.0 Å². The van der Waals surface area contributed by atoms with E-state index in [0.29, 0.717) is 24.3 Å². The molecule has 3 N–H and O–H groups in total. The van der Waals surface area contributed by atoms with Crippen LogP contribution in [-0.4, -0.2) is 50.4 Å². The quantitative estimate of drug-likeness (QED) is 0.765. The summed E-state index contributed by atoms with van der Waals surface area (Å²) in [5.74, 6) is -0.146. The Kier molecular flexibility index (Phi) is 6.02. The first-order valence-corrected chi connectivity index (χ1v) is 7.03. The average Bonchev–Trinajstić information content (AvgIpc) is 2.44. The van der Waals surface area contributed by atoms with Crippen LogP contribution in [0.5, 0.6) is 0 Å². The largest absolute Gasteiger partial charge is 0.397 e. The van der Waals surface area contributed by atoms with Crippen LogP contribution >= 0.6 is 0 Å². The van der Waals surface area contributed by atoms with Gasteiger partial charge in [0.1, 0.15) is 0 Å². The van der Waals surface area contributed by atoms with Crippen molar-refractivity contribution < 1.29 is 9.59 Å². The van der Waals surface area contributed by atoms with Crippen LogP contribution in [0.25, 0.3) is 0 Å². The number of amides is 2. The van der Waals surface area contributed by atoms with Crippen molar-refractivity contribution >= 4 is 23.2 Å². The van der Waals surface area contributed by atoms with Gasteiger partial charge in [0.15, 0.2) is 0 Å². The summed E-state index contributed by atoms with van der Waals surface area (Å²) in [7, 11) is 3.44. The van der Waals surface area contributed by atoms with Crippen molar-refractivity contribution in [3.8, 4) is 0 Å². The lowest BCUT2D eigenvalue weighted by Gasteiger charge is -2.25. The van der Waals surface area contributed by atoms with Crippen LogP contribution in [0.4, 0.5) is 11.4 Å². The number of likely N-dealkylation sites (N-methyl/N-ethyl adjacent to an activating group) is 2. The number of nitrogen functional groups attached to an aromatic ring is 1. The Balaban J connectivity index is 2.96. The van der Waals surface area contributed by atoms with Crippen molar-refractivity contribution in [2.75, 3.05) is 44.4 Å². The molecule has 0 aromatic heterocycles. The molecule has 0 spiro atoms. The highest BCUT2D eigenvalue weighted by atomic mass is 16.2. The molecule has 0 fully saturated rings. The lowest BCUT2D eigenvalue weighted by Crippen LogP contribution is -2.37. The summed E-state index contributed by atoms with van der Waals surface area (Å²) in [6, 6.07) is 5.15. The number of hydrogen-bond acceptors (Lipinski definition) is 4. The number of carbonyl (C=O) groups is 2. The Bertz CT molecular complexity index is 514. The van der Waals surface area contributed by atoms with Gasteiger partial charge >= 0.3 is 0 Å². The minimum absolute atomic E-state index is 0.00375. The Morgan fingerprint density at radius 3 is 2.38 bits per heavy atom. The van der Waals surface area contributed by atoms with Crippen molar-refractivity contribution in [1.29, 1.82) is 0 Å². The molecule has 1 aromatic rings. The van der Waals surface area contributed by atoms with Crippen LogP contribution in [-0.2, 0) is 4.79 Å². The molecule has 6 heteroatoms. The molecule has 0 unspecified atom stereocenters. The van der Waals surface area contributed by atoms with Gasteiger partial charge < -0.3 is 20.9 Å². The second-order valence-electron chi connectivity index (χ2n) is 4.94. The average molecular weight is 292 g/mol. The van der Waals surface area contributed by atoms with Crippen LogP contribution in [0, 0.1) is 0 Å². The second kappa shape index (κ2) is 7.52. The topological polar surface area (TPSA) is 78.7 Å². The van der Waals surface area contributed by atoms with E-state index >= 15 is 0 Å². The predicted molar refractivity (Wildman–Crippen MR) is 85.4 cm³/mol. The maximum Gasteiger partial charge on any atom is 0.251 e. The fourth-order valence-electron chi connectivity index (χ4n) is 1.92. The molecular weight excluding hydrogens is 268 g/mol. The molecule has 0 radical (unpaired) electrons. The van der Waals surface area contributed by atoms with Gasteiger partial charge in [0.05, 0.1) is 17.9 Å². The molecule has 0 aliphatic rings. The molecule has 1 aromatic carbocycles. The fourth-order valence-corrected chi connectivity index (χ4v) is 1.92. The van der Waals surface area contributed by atoms with Crippen molar-refractivity contribution in [1.82, 2.24) is 10.2 Å². The molecule has 0 heterocycles. The van der Waals surface area contributed by atoms with E-state index < -0.39 is 0 Å². The number of nitrogens with two attached hydrogens (primary N) is 1. The van der Waals surface area contributed by atoms with Crippen LogP contribution in [0.2, 0.25) is 0 Å². The lowest BCUT2D eigenvalue weighted by atomic mass is 10.1. The van der Waals surface area contributed by atoms with Crippen LogP contribution in [0.3, 0.4) is 0 Å². The SMILES string of the molecule is CCNC(=O)c1ccc(N(CC)CC(=O)N(C)C)c(N)c1. The number of benzene rings is 1. The first kappa shape index (κ1) is 16.8. The van der Waals surface area contributed by atoms with Gasteiger partial charge in [-0.2, -0.15) is 0 Å². The summed E-state index contributed by atoms with van der Waals surface area (Å²) >= 11 is 0. The van der Waals surface area contributed by atoms with Crippen molar-refractivity contribution in [3.05, 3.63) is 23.8 Å². The van der Waals surface area contributed by atoms with E-state index in [1.807, 2.05) is 18.7 Å². The standard InChI is InChI=1S/C15H24N4O2/c1-5-17-15(21)11-7-8-13(12(16)9-11)19(6-2)10-14(20)18(3)4/h7-9H,5-6,10,16H2,1-4H3,(H,17,21). The third-order valence-corrected chi connectivity index (χ3v) is 3.17. The first-order chi connectivity index (χ1) is 9.90. The smallest absolute Gasteiger partial charge is 0.251 e. The zero-order valence-electron chi connectivity index (χ0n) is 13.1. The van der Waals surface area contributed by atoms with Gasteiger partial charge in [-0.05, 0) is 32.0 Å². The van der Waals surface area contributed by atoms with Gasteiger partial charge in [-0.25, -0.2) is 0 Å². The third-order valence-electron chi connectivity index (χ3n) is 3.17. The number of nitrogens with zero attached hydrogens (tertiary/aromatic N) is 2. The van der Waals surface area contributed by atoms with Crippen molar-refractivity contribution in [2.24, 2.45) is 0 Å². The summed E-state index contributed by atoms with van der Waals surface area (Å²) in [5, 5.41) is 2.73. The van der Waals surface area contributed by atoms with Gasteiger partial charge in [0, 0.05) is 32.7 Å². The molecule has 2 amide bonds. The molecule has 0 atom stereocenters. The Labute approximate surface area is 125 Å². The van der Waals surface area contributed by atoms with Crippen molar-refractivity contribution in [3.63, 3.8) is 0 Å². The van der Waals surface area contributed by atoms with E-state index in [0.717, 1.165) is 5.69 Å². The number of anilines is 2. The third kappa shape index (κ3) is 4.37. The minimum atomic E-state index is -0.150. The summed E-state index contributed by atoms with van der Waals surface area (Å²) in [6.07, 6.45) is 0. The van der Waals surface area contributed by atoms with E-state index in [9.17, 15) is 9.59 Å². The highest BCUT2D eigenvalue weighted by Crippen LogP contribution is 2.24. The maximum absolute atomic E-state index is 11.8. The van der Waals surface area contributed by atoms with Crippen molar-refractivity contribution in [2.45, 2.75) is 13.8 Å². The Morgan fingerprint density at radius 2 is 1.90 bits per heavy atom. The summed E-state index contributed by atoms with van der Waals surface area (Å²) < 4.78 is 0. The zero-order chi connectivity index (χ0) is 16.0. The van der Waals surface area contributed by atoms with Gasteiger partial charge in [-0.1, -0.05) is 0 Å². The fraction of sp³-hybridized carbons (Fsp3) is 0.467. The molecule has 116 valence electrons. The normalized spacial score (nSPS) is 10.1. The van der Waals surface area contributed by atoms with Gasteiger partial charge in [-0.15, -0.1) is 0 Å². The molecular formula is C15H24N4O2. The van der Waals surface area contributed by atoms with Gasteiger partial charge in [0.2, 0.25) is 5.91 Å². The molecule has 0 saturated carbocycles. The number of carbonyl (C=O) groups excluding carboxylic acids is 2. The Morgan fingerprint density at radius 1 is 1.24 bits per heavy atom. The van der Waals surface area contributed by atoms with E-state index in [1.165, 1.54) is 0 Å². The molecule has 0 bridgehead atoms. The van der Waals surface area contributed by atoms with Crippen LogP contribution in [0.15, 0.2) is 18.2 Å². The van der Waals surface area contributed by atoms with Gasteiger partial charge in [-0.3, -0.25) is 9.59 Å². The Hall–Kier alpha value is -2.24. The van der Waals surface area contributed by atoms with E-state index in [2.05, 4.69) is 5.32 Å².